The predicted octanol–water partition coefficient (Wildman–Crippen LogP) is 3.86. The van der Waals surface area contributed by atoms with Gasteiger partial charge in [0, 0.05) is 42.3 Å². The molecule has 3 aliphatic rings. The van der Waals surface area contributed by atoms with E-state index in [4.69, 9.17) is 15.8 Å². The summed E-state index contributed by atoms with van der Waals surface area (Å²) in [5, 5.41) is 16.6. The first-order valence-electron chi connectivity index (χ1n) is 13.5. The van der Waals surface area contributed by atoms with E-state index in [2.05, 4.69) is 17.6 Å². The fourth-order valence-electron chi connectivity index (χ4n) is 6.40. The summed E-state index contributed by atoms with van der Waals surface area (Å²) in [5.74, 6) is 1.12. The lowest BCUT2D eigenvalue weighted by Gasteiger charge is -2.27. The SMILES string of the molecule is Cc1c(-c2cc3ccc(C(C)(C)O)nc3n2CC2CC2)nn2cc(C(=O)N3CC4CCC3[C@@H]4N)ccc12. The number of amides is 1. The van der Waals surface area contributed by atoms with Gasteiger partial charge in [0.1, 0.15) is 16.9 Å². The molecule has 7 rings (SSSR count). The molecule has 37 heavy (non-hydrogen) atoms. The van der Waals surface area contributed by atoms with Crippen molar-refractivity contribution in [3.63, 3.8) is 0 Å². The van der Waals surface area contributed by atoms with Crippen LogP contribution in [0.2, 0.25) is 0 Å². The molecule has 2 saturated carbocycles. The van der Waals surface area contributed by atoms with Crippen LogP contribution in [0.1, 0.15) is 61.1 Å². The summed E-state index contributed by atoms with van der Waals surface area (Å²) in [7, 11) is 0. The average molecular weight is 499 g/mol. The molecule has 4 aromatic heterocycles. The molecule has 3 N–H and O–H groups in total. The van der Waals surface area contributed by atoms with Gasteiger partial charge in [-0.05, 0) is 88.6 Å². The molecule has 3 atom stereocenters. The van der Waals surface area contributed by atoms with Crippen molar-refractivity contribution >= 4 is 22.5 Å². The van der Waals surface area contributed by atoms with E-state index in [-0.39, 0.29) is 18.0 Å². The van der Waals surface area contributed by atoms with Crippen molar-refractivity contribution in [1.82, 2.24) is 24.1 Å². The minimum absolute atomic E-state index is 0.0467. The summed E-state index contributed by atoms with van der Waals surface area (Å²) >= 11 is 0. The zero-order valence-corrected chi connectivity index (χ0v) is 21.7. The third-order valence-electron chi connectivity index (χ3n) is 8.79. The number of piperidine rings is 1. The highest BCUT2D eigenvalue weighted by Crippen LogP contribution is 2.39. The first kappa shape index (κ1) is 22.9. The zero-order valence-electron chi connectivity index (χ0n) is 21.7. The summed E-state index contributed by atoms with van der Waals surface area (Å²) in [6.45, 7) is 7.26. The summed E-state index contributed by atoms with van der Waals surface area (Å²) in [6.07, 6.45) is 6.44. The number of likely N-dealkylation sites (tertiary alicyclic amines) is 1. The van der Waals surface area contributed by atoms with Crippen LogP contribution in [-0.2, 0) is 12.1 Å². The summed E-state index contributed by atoms with van der Waals surface area (Å²) in [5.41, 5.74) is 11.5. The van der Waals surface area contributed by atoms with Crippen molar-refractivity contribution in [2.75, 3.05) is 6.54 Å². The number of fused-ring (bicyclic) bond motifs is 4. The lowest BCUT2D eigenvalue weighted by Crippen LogP contribution is -2.41. The average Bonchev–Trinajstić information content (AvgIpc) is 3.28. The highest BCUT2D eigenvalue weighted by atomic mass is 16.3. The number of carbonyl (C=O) groups is 1. The Bertz CT molecular complexity index is 1560. The Morgan fingerprint density at radius 3 is 2.65 bits per heavy atom. The van der Waals surface area contributed by atoms with Gasteiger partial charge in [-0.25, -0.2) is 9.50 Å². The lowest BCUT2D eigenvalue weighted by molar-refractivity contribution is 0.0699. The Morgan fingerprint density at radius 2 is 1.97 bits per heavy atom. The lowest BCUT2D eigenvalue weighted by atomic mass is 10.0. The van der Waals surface area contributed by atoms with E-state index in [1.54, 1.807) is 13.8 Å². The van der Waals surface area contributed by atoms with Gasteiger partial charge in [-0.3, -0.25) is 4.79 Å². The van der Waals surface area contributed by atoms with Gasteiger partial charge in [-0.2, -0.15) is 5.10 Å². The summed E-state index contributed by atoms with van der Waals surface area (Å²) in [6, 6.07) is 10.3. The largest absolute Gasteiger partial charge is 0.384 e. The minimum atomic E-state index is -1.01. The van der Waals surface area contributed by atoms with Gasteiger partial charge < -0.3 is 20.3 Å². The first-order valence-corrected chi connectivity index (χ1v) is 13.5. The first-order chi connectivity index (χ1) is 17.7. The molecule has 0 radical (unpaired) electrons. The number of carbonyl (C=O) groups excluding carboxylic acids is 1. The number of rotatable bonds is 5. The molecular formula is C29H34N6O2. The maximum Gasteiger partial charge on any atom is 0.255 e. The molecular weight excluding hydrogens is 464 g/mol. The maximum absolute atomic E-state index is 13.4. The molecule has 4 aromatic rings. The predicted molar refractivity (Wildman–Crippen MR) is 142 cm³/mol. The van der Waals surface area contributed by atoms with E-state index in [9.17, 15) is 9.90 Å². The monoisotopic (exact) mass is 498 g/mol. The van der Waals surface area contributed by atoms with E-state index in [1.165, 1.54) is 12.8 Å². The van der Waals surface area contributed by atoms with E-state index >= 15 is 0 Å². The van der Waals surface area contributed by atoms with Crippen LogP contribution in [0.4, 0.5) is 0 Å². The molecule has 2 bridgehead atoms. The second-order valence-electron chi connectivity index (χ2n) is 11.9. The molecule has 1 aliphatic heterocycles. The summed E-state index contributed by atoms with van der Waals surface area (Å²) < 4.78 is 4.12. The van der Waals surface area contributed by atoms with Gasteiger partial charge in [-0.1, -0.05) is 0 Å². The van der Waals surface area contributed by atoms with Gasteiger partial charge in [0.05, 0.1) is 22.5 Å². The van der Waals surface area contributed by atoms with Gasteiger partial charge in [0.15, 0.2) is 0 Å². The quantitative estimate of drug-likeness (QED) is 0.435. The van der Waals surface area contributed by atoms with Crippen molar-refractivity contribution in [3.8, 4) is 11.4 Å². The van der Waals surface area contributed by atoms with E-state index in [1.807, 2.05) is 39.9 Å². The fourth-order valence-corrected chi connectivity index (χ4v) is 6.40. The fraction of sp³-hybridized carbons (Fsp3) is 0.483. The second kappa shape index (κ2) is 7.88. The van der Waals surface area contributed by atoms with Gasteiger partial charge in [-0.15, -0.1) is 0 Å². The van der Waals surface area contributed by atoms with Crippen LogP contribution >= 0.6 is 0 Å². The molecule has 8 heteroatoms. The molecule has 5 heterocycles. The minimum Gasteiger partial charge on any atom is -0.384 e. The molecule has 2 aliphatic carbocycles. The molecule has 192 valence electrons. The van der Waals surface area contributed by atoms with Crippen molar-refractivity contribution < 1.29 is 9.90 Å². The normalized spacial score (nSPS) is 23.6. The van der Waals surface area contributed by atoms with Crippen LogP contribution in [0.5, 0.6) is 0 Å². The number of aryl methyl sites for hydroxylation is 1. The molecule has 1 saturated heterocycles. The maximum atomic E-state index is 13.4. The van der Waals surface area contributed by atoms with E-state index in [0.717, 1.165) is 59.4 Å². The van der Waals surface area contributed by atoms with Crippen molar-refractivity contribution in [1.29, 1.82) is 0 Å². The number of hydrogen-bond acceptors (Lipinski definition) is 5. The molecule has 8 nitrogen and oxygen atoms in total. The van der Waals surface area contributed by atoms with Crippen LogP contribution in [0, 0.1) is 18.8 Å². The third-order valence-corrected chi connectivity index (χ3v) is 8.79. The molecule has 0 aromatic carbocycles. The van der Waals surface area contributed by atoms with Crippen molar-refractivity contribution in [3.05, 3.63) is 53.3 Å². The van der Waals surface area contributed by atoms with Gasteiger partial charge in [0.2, 0.25) is 0 Å². The van der Waals surface area contributed by atoms with E-state index < -0.39 is 5.60 Å². The van der Waals surface area contributed by atoms with Crippen molar-refractivity contribution in [2.45, 2.75) is 70.7 Å². The standard InChI is InChI=1S/C29H34N6O2/c1-16-21-9-7-20(28(36)34-14-19-6-10-22(34)25(19)30)15-35(21)32-26(16)23-12-18-8-11-24(29(2,3)37)31-27(18)33(23)13-17-4-5-17/h7-9,11-12,15,17,19,22,25,37H,4-6,10,13-14,30H2,1-3H3/t19?,22?,25-/m1/s1. The second-order valence-corrected chi connectivity index (χ2v) is 11.9. The Labute approximate surface area is 216 Å². The third kappa shape index (κ3) is 3.61. The Balaban J connectivity index is 1.31. The number of nitrogens with two attached hydrogens (primary N) is 1. The Hall–Kier alpha value is -3.23. The summed E-state index contributed by atoms with van der Waals surface area (Å²) in [4.78, 5) is 20.2. The zero-order chi connectivity index (χ0) is 25.6. The number of aromatic nitrogens is 4. The van der Waals surface area contributed by atoms with Crippen LogP contribution in [0.15, 0.2) is 36.5 Å². The topological polar surface area (TPSA) is 102 Å². The Morgan fingerprint density at radius 1 is 1.16 bits per heavy atom. The van der Waals surface area contributed by atoms with Gasteiger partial charge in [0.25, 0.3) is 5.91 Å². The number of hydrogen-bond donors (Lipinski definition) is 2. The van der Waals surface area contributed by atoms with Crippen LogP contribution in [0.3, 0.4) is 0 Å². The number of aliphatic hydroxyl groups is 1. The molecule has 2 unspecified atom stereocenters. The highest BCUT2D eigenvalue weighted by molar-refractivity contribution is 5.95. The van der Waals surface area contributed by atoms with Crippen molar-refractivity contribution in [2.24, 2.45) is 17.6 Å². The highest BCUT2D eigenvalue weighted by Gasteiger charge is 2.46. The Kier molecular flexibility index (Phi) is 4.89. The van der Waals surface area contributed by atoms with Crippen LogP contribution in [-0.4, -0.2) is 53.7 Å². The van der Waals surface area contributed by atoms with Gasteiger partial charge >= 0.3 is 0 Å². The van der Waals surface area contributed by atoms with Crippen LogP contribution in [0.25, 0.3) is 27.9 Å². The molecule has 1 amide bonds. The molecule has 0 spiro atoms. The van der Waals surface area contributed by atoms with Crippen LogP contribution < -0.4 is 5.73 Å². The number of nitrogens with zero attached hydrogens (tertiary/aromatic N) is 5. The molecule has 3 fully saturated rings. The number of pyridine rings is 2. The smallest absolute Gasteiger partial charge is 0.255 e. The van der Waals surface area contributed by atoms with E-state index in [0.29, 0.717) is 23.1 Å².